The monoisotopic (exact) mass is 316 g/mol. The predicted octanol–water partition coefficient (Wildman–Crippen LogP) is 1.47. The van der Waals surface area contributed by atoms with Gasteiger partial charge in [-0.3, -0.25) is 0 Å². The first-order valence-corrected chi connectivity index (χ1v) is 7.13. The molecule has 2 aromatic rings. The molecule has 0 saturated heterocycles. The summed E-state index contributed by atoms with van der Waals surface area (Å²) in [5.41, 5.74) is -0.322. The lowest BCUT2D eigenvalue weighted by molar-refractivity contribution is 0.0691. The van der Waals surface area contributed by atoms with E-state index in [2.05, 4.69) is 9.71 Å². The number of rotatable bonds is 5. The molecule has 0 aliphatic heterocycles. The highest BCUT2D eigenvalue weighted by atomic mass is 32.2. The first-order chi connectivity index (χ1) is 9.79. The van der Waals surface area contributed by atoms with Gasteiger partial charge in [-0.05, 0) is 12.1 Å². The molecule has 21 heavy (non-hydrogen) atoms. The number of aromatic carboxylic acids is 1. The van der Waals surface area contributed by atoms with Crippen LogP contribution >= 0.6 is 0 Å². The molecule has 2 rings (SSSR count). The van der Waals surface area contributed by atoms with Gasteiger partial charge in [0.2, 0.25) is 10.0 Å². The standard InChI is InChI=1S/C12H10F2N2O4S/c13-8-2-1-7(10(14)3-8)5-16-21(19,20)9-4-11(12(17)18)15-6-9/h1-4,6,15-16H,5H2,(H,17,18). The summed E-state index contributed by atoms with van der Waals surface area (Å²) in [6.45, 7) is -0.387. The number of halogens is 2. The van der Waals surface area contributed by atoms with E-state index < -0.39 is 27.6 Å². The summed E-state index contributed by atoms with van der Waals surface area (Å²) in [4.78, 5) is 12.7. The summed E-state index contributed by atoms with van der Waals surface area (Å²) in [5, 5.41) is 8.70. The zero-order valence-corrected chi connectivity index (χ0v) is 11.2. The van der Waals surface area contributed by atoms with Crippen LogP contribution < -0.4 is 4.72 Å². The van der Waals surface area contributed by atoms with Crippen LogP contribution in [0.4, 0.5) is 8.78 Å². The van der Waals surface area contributed by atoms with Crippen molar-refractivity contribution < 1.29 is 27.1 Å². The van der Waals surface area contributed by atoms with Crippen molar-refractivity contribution in [1.82, 2.24) is 9.71 Å². The molecule has 1 aromatic heterocycles. The number of benzene rings is 1. The molecule has 0 radical (unpaired) electrons. The Balaban J connectivity index is 2.15. The molecule has 0 atom stereocenters. The molecular weight excluding hydrogens is 306 g/mol. The van der Waals surface area contributed by atoms with E-state index in [1.54, 1.807) is 0 Å². The molecule has 3 N–H and O–H groups in total. The van der Waals surface area contributed by atoms with E-state index in [1.807, 2.05) is 0 Å². The SMILES string of the molecule is O=C(O)c1cc(S(=O)(=O)NCc2ccc(F)cc2F)c[nH]1. The van der Waals surface area contributed by atoms with Crippen molar-refractivity contribution in [3.63, 3.8) is 0 Å². The third-order valence-electron chi connectivity index (χ3n) is 2.66. The maximum absolute atomic E-state index is 13.4. The number of carbonyl (C=O) groups is 1. The predicted molar refractivity (Wildman–Crippen MR) is 68.1 cm³/mol. The summed E-state index contributed by atoms with van der Waals surface area (Å²) >= 11 is 0. The highest BCUT2D eigenvalue weighted by Gasteiger charge is 2.18. The van der Waals surface area contributed by atoms with Crippen molar-refractivity contribution in [1.29, 1.82) is 0 Å². The topological polar surface area (TPSA) is 99.3 Å². The van der Waals surface area contributed by atoms with Crippen molar-refractivity contribution in [2.75, 3.05) is 0 Å². The molecule has 0 aliphatic rings. The molecule has 1 aromatic carbocycles. The van der Waals surface area contributed by atoms with Crippen LogP contribution in [0.25, 0.3) is 0 Å². The molecule has 0 saturated carbocycles. The van der Waals surface area contributed by atoms with Crippen LogP contribution in [-0.2, 0) is 16.6 Å². The fourth-order valence-electron chi connectivity index (χ4n) is 1.57. The number of sulfonamides is 1. The maximum atomic E-state index is 13.4. The van der Waals surface area contributed by atoms with Crippen molar-refractivity contribution in [3.8, 4) is 0 Å². The Kier molecular flexibility index (Phi) is 4.05. The fourth-order valence-corrected chi connectivity index (χ4v) is 2.57. The second kappa shape index (κ2) is 5.62. The first-order valence-electron chi connectivity index (χ1n) is 5.65. The van der Waals surface area contributed by atoms with Crippen LogP contribution in [0.1, 0.15) is 16.1 Å². The molecule has 112 valence electrons. The zero-order valence-electron chi connectivity index (χ0n) is 10.4. The van der Waals surface area contributed by atoms with Crippen LogP contribution in [-0.4, -0.2) is 24.5 Å². The van der Waals surface area contributed by atoms with Gasteiger partial charge in [-0.25, -0.2) is 26.7 Å². The highest BCUT2D eigenvalue weighted by Crippen LogP contribution is 2.13. The van der Waals surface area contributed by atoms with Crippen LogP contribution in [0.5, 0.6) is 0 Å². The van der Waals surface area contributed by atoms with Crippen molar-refractivity contribution >= 4 is 16.0 Å². The van der Waals surface area contributed by atoms with Crippen molar-refractivity contribution in [3.05, 3.63) is 53.4 Å². The van der Waals surface area contributed by atoms with E-state index in [-0.39, 0.29) is 22.7 Å². The number of carboxylic acids is 1. The average molecular weight is 316 g/mol. The Bertz CT molecular complexity index is 786. The van der Waals surface area contributed by atoms with Gasteiger partial charge in [0.1, 0.15) is 22.2 Å². The quantitative estimate of drug-likeness (QED) is 0.778. The van der Waals surface area contributed by atoms with Crippen LogP contribution in [0.2, 0.25) is 0 Å². The van der Waals surface area contributed by atoms with Crippen molar-refractivity contribution in [2.45, 2.75) is 11.4 Å². The number of aromatic amines is 1. The Hall–Kier alpha value is -2.26. The molecular formula is C12H10F2N2O4S. The van der Waals surface area contributed by atoms with E-state index in [4.69, 9.17) is 5.11 Å². The minimum atomic E-state index is -4.00. The molecule has 0 unspecified atom stereocenters. The lowest BCUT2D eigenvalue weighted by Gasteiger charge is -2.06. The molecule has 0 aliphatic carbocycles. The zero-order chi connectivity index (χ0) is 15.6. The lowest BCUT2D eigenvalue weighted by Crippen LogP contribution is -2.23. The van der Waals surface area contributed by atoms with Crippen molar-refractivity contribution in [2.24, 2.45) is 0 Å². The molecule has 0 fully saturated rings. The van der Waals surface area contributed by atoms with Gasteiger partial charge >= 0.3 is 5.97 Å². The number of hydrogen-bond acceptors (Lipinski definition) is 3. The molecule has 0 bridgehead atoms. The van der Waals surface area contributed by atoms with E-state index >= 15 is 0 Å². The third-order valence-corrected chi connectivity index (χ3v) is 4.05. The van der Waals surface area contributed by atoms with Gasteiger partial charge in [0.15, 0.2) is 0 Å². The minimum absolute atomic E-state index is 0.0334. The van der Waals surface area contributed by atoms with Gasteiger partial charge in [0.25, 0.3) is 0 Å². The van der Waals surface area contributed by atoms with Crippen LogP contribution in [0.3, 0.4) is 0 Å². The normalized spacial score (nSPS) is 11.5. The molecule has 9 heteroatoms. The first kappa shape index (κ1) is 15.1. The summed E-state index contributed by atoms with van der Waals surface area (Å²) in [5.74, 6) is -2.95. The Morgan fingerprint density at radius 3 is 2.57 bits per heavy atom. The second-order valence-corrected chi connectivity index (χ2v) is 5.88. The number of hydrogen-bond donors (Lipinski definition) is 3. The maximum Gasteiger partial charge on any atom is 0.352 e. The summed E-state index contributed by atoms with van der Waals surface area (Å²) < 4.78 is 52.0. The molecule has 6 nitrogen and oxygen atoms in total. The van der Waals surface area contributed by atoms with E-state index in [0.717, 1.165) is 24.4 Å². The largest absolute Gasteiger partial charge is 0.477 e. The lowest BCUT2D eigenvalue weighted by atomic mass is 10.2. The second-order valence-electron chi connectivity index (χ2n) is 4.11. The Labute approximate surface area is 118 Å². The number of carboxylic acid groups (broad SMARTS) is 1. The molecule has 0 spiro atoms. The Morgan fingerprint density at radius 2 is 2.00 bits per heavy atom. The van der Waals surface area contributed by atoms with E-state index in [0.29, 0.717) is 6.07 Å². The van der Waals surface area contributed by atoms with Gasteiger partial charge in [-0.15, -0.1) is 0 Å². The number of aromatic nitrogens is 1. The third kappa shape index (κ3) is 3.44. The van der Waals surface area contributed by atoms with Crippen LogP contribution in [0.15, 0.2) is 35.4 Å². The van der Waals surface area contributed by atoms with Gasteiger partial charge < -0.3 is 10.1 Å². The van der Waals surface area contributed by atoms with Gasteiger partial charge in [-0.2, -0.15) is 0 Å². The summed E-state index contributed by atoms with van der Waals surface area (Å²) in [7, 11) is -4.00. The van der Waals surface area contributed by atoms with Gasteiger partial charge in [0.05, 0.1) is 0 Å². The highest BCUT2D eigenvalue weighted by molar-refractivity contribution is 7.89. The summed E-state index contributed by atoms with van der Waals surface area (Å²) in [6, 6.07) is 3.70. The molecule has 1 heterocycles. The van der Waals surface area contributed by atoms with E-state index in [9.17, 15) is 22.0 Å². The van der Waals surface area contributed by atoms with Gasteiger partial charge in [0, 0.05) is 24.4 Å². The van der Waals surface area contributed by atoms with Gasteiger partial charge in [-0.1, -0.05) is 6.07 Å². The summed E-state index contributed by atoms with van der Waals surface area (Å²) in [6.07, 6.45) is 1.01. The fraction of sp³-hybridized carbons (Fsp3) is 0.0833. The minimum Gasteiger partial charge on any atom is -0.477 e. The number of H-pyrrole nitrogens is 1. The number of nitrogens with one attached hydrogen (secondary N) is 2. The van der Waals surface area contributed by atoms with E-state index in [1.165, 1.54) is 0 Å². The molecule has 0 amide bonds. The average Bonchev–Trinajstić information content (AvgIpc) is 2.88. The van der Waals surface area contributed by atoms with Crippen LogP contribution in [0, 0.1) is 11.6 Å². The Morgan fingerprint density at radius 1 is 1.29 bits per heavy atom. The smallest absolute Gasteiger partial charge is 0.352 e.